The van der Waals surface area contributed by atoms with Crippen LogP contribution in [-0.2, 0) is 0 Å². The van der Waals surface area contributed by atoms with Crippen LogP contribution in [-0.4, -0.2) is 0 Å². The van der Waals surface area contributed by atoms with Crippen molar-refractivity contribution in [2.45, 2.75) is 26.7 Å². The van der Waals surface area contributed by atoms with E-state index in [1.807, 2.05) is 6.08 Å². The minimum absolute atomic E-state index is 1.20. The molecule has 0 heterocycles. The first-order chi connectivity index (χ1) is 3.81. The second-order valence-electron chi connectivity index (χ2n) is 2.00. The van der Waals surface area contributed by atoms with Gasteiger partial charge in [-0.15, -0.1) is 0 Å². The van der Waals surface area contributed by atoms with Crippen LogP contribution in [0.2, 0.25) is 0 Å². The minimum Gasteiger partial charge on any atom is -0.0991 e. The molecule has 0 saturated carbocycles. The lowest BCUT2D eigenvalue weighted by Crippen LogP contribution is -1.71. The summed E-state index contributed by atoms with van der Waals surface area (Å²) in [6.07, 6.45) is 6.33. The summed E-state index contributed by atoms with van der Waals surface area (Å²) < 4.78 is 0. The van der Waals surface area contributed by atoms with Gasteiger partial charge < -0.3 is 0 Å². The van der Waals surface area contributed by atoms with Crippen LogP contribution in [0.25, 0.3) is 0 Å². The lowest BCUT2D eigenvalue weighted by atomic mass is 10.2. The Morgan fingerprint density at radius 1 is 1.62 bits per heavy atom. The molecule has 0 aliphatic heterocycles. The molecule has 0 rings (SSSR count). The molecular formula is C8H14. The van der Waals surface area contributed by atoms with Crippen molar-refractivity contribution < 1.29 is 0 Å². The normalized spacial score (nSPS) is 11.5. The SMILES string of the molecule is C=CC=C(C)CCC. The van der Waals surface area contributed by atoms with Crippen molar-refractivity contribution in [1.29, 1.82) is 0 Å². The van der Waals surface area contributed by atoms with E-state index in [1.165, 1.54) is 18.4 Å². The molecule has 0 aliphatic carbocycles. The first-order valence-corrected chi connectivity index (χ1v) is 3.09. The highest BCUT2D eigenvalue weighted by Gasteiger charge is 1.80. The molecule has 0 saturated heterocycles. The van der Waals surface area contributed by atoms with Gasteiger partial charge in [-0.1, -0.05) is 37.6 Å². The van der Waals surface area contributed by atoms with E-state index in [9.17, 15) is 0 Å². The molecule has 0 radical (unpaired) electrons. The van der Waals surface area contributed by atoms with Gasteiger partial charge in [0.2, 0.25) is 0 Å². The zero-order chi connectivity index (χ0) is 6.41. The van der Waals surface area contributed by atoms with Gasteiger partial charge in [0.1, 0.15) is 0 Å². The van der Waals surface area contributed by atoms with Crippen LogP contribution in [0.4, 0.5) is 0 Å². The van der Waals surface area contributed by atoms with Gasteiger partial charge in [-0.25, -0.2) is 0 Å². The molecule has 0 aromatic carbocycles. The lowest BCUT2D eigenvalue weighted by molar-refractivity contribution is 0.906. The summed E-state index contributed by atoms with van der Waals surface area (Å²) >= 11 is 0. The number of hydrogen-bond donors (Lipinski definition) is 0. The second-order valence-corrected chi connectivity index (χ2v) is 2.00. The van der Waals surface area contributed by atoms with E-state index < -0.39 is 0 Å². The Morgan fingerprint density at radius 2 is 2.25 bits per heavy atom. The van der Waals surface area contributed by atoms with Gasteiger partial charge >= 0.3 is 0 Å². The first-order valence-electron chi connectivity index (χ1n) is 3.09. The van der Waals surface area contributed by atoms with Crippen molar-refractivity contribution in [2.75, 3.05) is 0 Å². The van der Waals surface area contributed by atoms with E-state index in [0.29, 0.717) is 0 Å². The van der Waals surface area contributed by atoms with Crippen molar-refractivity contribution >= 4 is 0 Å². The molecule has 0 amide bonds. The molecule has 0 aromatic rings. The largest absolute Gasteiger partial charge is 0.0991 e. The van der Waals surface area contributed by atoms with Crippen LogP contribution in [0, 0.1) is 0 Å². The Morgan fingerprint density at radius 3 is 2.62 bits per heavy atom. The lowest BCUT2D eigenvalue weighted by Gasteiger charge is -1.91. The van der Waals surface area contributed by atoms with Crippen LogP contribution in [0.3, 0.4) is 0 Å². The predicted octanol–water partition coefficient (Wildman–Crippen LogP) is 2.92. The fraction of sp³-hybridized carbons (Fsp3) is 0.500. The van der Waals surface area contributed by atoms with Gasteiger partial charge in [0.25, 0.3) is 0 Å². The molecule has 0 heteroatoms. The fourth-order valence-corrected chi connectivity index (χ4v) is 0.679. The summed E-state index contributed by atoms with van der Waals surface area (Å²) in [5.41, 5.74) is 1.42. The summed E-state index contributed by atoms with van der Waals surface area (Å²) in [6, 6.07) is 0. The van der Waals surface area contributed by atoms with Crippen LogP contribution in [0.5, 0.6) is 0 Å². The van der Waals surface area contributed by atoms with E-state index in [4.69, 9.17) is 0 Å². The van der Waals surface area contributed by atoms with Gasteiger partial charge in [-0.2, -0.15) is 0 Å². The molecule has 0 atom stereocenters. The highest BCUT2D eigenvalue weighted by molar-refractivity contribution is 5.07. The van der Waals surface area contributed by atoms with E-state index >= 15 is 0 Å². The summed E-state index contributed by atoms with van der Waals surface area (Å²) in [5, 5.41) is 0. The maximum Gasteiger partial charge on any atom is -0.0323 e. The van der Waals surface area contributed by atoms with Gasteiger partial charge in [-0.3, -0.25) is 0 Å². The van der Waals surface area contributed by atoms with Crippen molar-refractivity contribution in [3.8, 4) is 0 Å². The van der Waals surface area contributed by atoms with E-state index in [2.05, 4.69) is 26.5 Å². The molecule has 46 valence electrons. The standard InChI is InChI=1S/C8H14/c1-4-6-8(3)7-5-2/h4,6H,1,5,7H2,2-3H3. The Bertz CT molecular complexity index is 88.2. The third-order valence-corrected chi connectivity index (χ3v) is 1.05. The van der Waals surface area contributed by atoms with E-state index in [1.54, 1.807) is 0 Å². The molecule has 0 aromatic heterocycles. The summed E-state index contributed by atoms with van der Waals surface area (Å²) in [7, 11) is 0. The van der Waals surface area contributed by atoms with Crippen LogP contribution >= 0.6 is 0 Å². The van der Waals surface area contributed by atoms with E-state index in [0.717, 1.165) is 0 Å². The zero-order valence-electron chi connectivity index (χ0n) is 5.78. The average molecular weight is 110 g/mol. The summed E-state index contributed by atoms with van der Waals surface area (Å²) in [6.45, 7) is 7.92. The number of rotatable bonds is 3. The number of allylic oxidation sites excluding steroid dienone is 3. The van der Waals surface area contributed by atoms with Crippen molar-refractivity contribution in [3.05, 3.63) is 24.3 Å². The van der Waals surface area contributed by atoms with Gasteiger partial charge in [-0.05, 0) is 13.3 Å². The molecular weight excluding hydrogens is 96.1 g/mol. The highest BCUT2D eigenvalue weighted by Crippen LogP contribution is 2.01. The highest BCUT2D eigenvalue weighted by atomic mass is 13.9. The van der Waals surface area contributed by atoms with E-state index in [-0.39, 0.29) is 0 Å². The summed E-state index contributed by atoms with van der Waals surface area (Å²) in [4.78, 5) is 0. The van der Waals surface area contributed by atoms with Crippen molar-refractivity contribution in [2.24, 2.45) is 0 Å². The third kappa shape index (κ3) is 3.66. The van der Waals surface area contributed by atoms with Crippen LogP contribution in [0.1, 0.15) is 26.7 Å². The average Bonchev–Trinajstić information content (AvgIpc) is 1.68. The van der Waals surface area contributed by atoms with Gasteiger partial charge in [0.05, 0.1) is 0 Å². The molecule has 8 heavy (non-hydrogen) atoms. The molecule has 0 aliphatic rings. The predicted molar refractivity (Wildman–Crippen MR) is 38.9 cm³/mol. The minimum atomic E-state index is 1.20. The quantitative estimate of drug-likeness (QED) is 0.490. The molecule has 0 N–H and O–H groups in total. The smallest absolute Gasteiger partial charge is 0.0323 e. The Balaban J connectivity index is 3.44. The maximum atomic E-state index is 3.61. The topological polar surface area (TPSA) is 0 Å². The monoisotopic (exact) mass is 110 g/mol. The molecule has 0 spiro atoms. The van der Waals surface area contributed by atoms with Gasteiger partial charge in [0, 0.05) is 0 Å². The first kappa shape index (κ1) is 7.48. The Hall–Kier alpha value is -0.520. The summed E-state index contributed by atoms with van der Waals surface area (Å²) in [5.74, 6) is 0. The Labute approximate surface area is 51.9 Å². The van der Waals surface area contributed by atoms with Crippen LogP contribution < -0.4 is 0 Å². The fourth-order valence-electron chi connectivity index (χ4n) is 0.679. The van der Waals surface area contributed by atoms with Crippen LogP contribution in [0.15, 0.2) is 24.3 Å². The molecule has 0 bridgehead atoms. The van der Waals surface area contributed by atoms with Crippen molar-refractivity contribution in [1.82, 2.24) is 0 Å². The second kappa shape index (κ2) is 4.63. The van der Waals surface area contributed by atoms with Gasteiger partial charge in [0.15, 0.2) is 0 Å². The zero-order valence-corrected chi connectivity index (χ0v) is 5.78. The Kier molecular flexibility index (Phi) is 4.33. The number of hydrogen-bond acceptors (Lipinski definition) is 0. The molecule has 0 nitrogen and oxygen atoms in total. The van der Waals surface area contributed by atoms with Crippen molar-refractivity contribution in [3.63, 3.8) is 0 Å². The molecule has 0 fully saturated rings. The third-order valence-electron chi connectivity index (χ3n) is 1.05. The maximum absolute atomic E-state index is 3.61. The molecule has 0 unspecified atom stereocenters.